The SMILES string of the molecule is O=C(Nc1ccc(F)c(Cl)c1)Nc1nnc(N2CCCCCC2)s1. The van der Waals surface area contributed by atoms with E-state index >= 15 is 0 Å². The lowest BCUT2D eigenvalue weighted by Crippen LogP contribution is -2.23. The predicted octanol–water partition coefficient (Wildman–Crippen LogP) is 4.36. The van der Waals surface area contributed by atoms with E-state index in [0.29, 0.717) is 10.8 Å². The summed E-state index contributed by atoms with van der Waals surface area (Å²) >= 11 is 7.03. The molecular weight excluding hydrogens is 353 g/mol. The van der Waals surface area contributed by atoms with Crippen molar-refractivity contribution in [2.24, 2.45) is 0 Å². The first-order valence-electron chi connectivity index (χ1n) is 7.73. The third kappa shape index (κ3) is 4.33. The summed E-state index contributed by atoms with van der Waals surface area (Å²) in [5.74, 6) is -0.533. The number of carbonyl (C=O) groups excluding carboxylic acids is 1. The van der Waals surface area contributed by atoms with E-state index in [0.717, 1.165) is 31.1 Å². The lowest BCUT2D eigenvalue weighted by Gasteiger charge is -2.17. The molecular formula is C15H17ClFN5OS. The van der Waals surface area contributed by atoms with Gasteiger partial charge in [0.25, 0.3) is 0 Å². The zero-order valence-electron chi connectivity index (χ0n) is 12.9. The number of hydrogen-bond acceptors (Lipinski definition) is 5. The Morgan fingerprint density at radius 2 is 1.92 bits per heavy atom. The number of anilines is 3. The van der Waals surface area contributed by atoms with E-state index in [-0.39, 0.29) is 5.02 Å². The van der Waals surface area contributed by atoms with E-state index in [9.17, 15) is 9.18 Å². The van der Waals surface area contributed by atoms with Crippen LogP contribution in [0.15, 0.2) is 18.2 Å². The second-order valence-corrected chi connectivity index (χ2v) is 6.86. The first kappa shape index (κ1) is 16.9. The second kappa shape index (κ2) is 7.76. The highest BCUT2D eigenvalue weighted by Crippen LogP contribution is 2.26. The first-order chi connectivity index (χ1) is 11.6. The number of carbonyl (C=O) groups is 1. The van der Waals surface area contributed by atoms with Crippen molar-refractivity contribution in [2.45, 2.75) is 25.7 Å². The molecule has 0 bridgehead atoms. The maximum absolute atomic E-state index is 13.1. The summed E-state index contributed by atoms with van der Waals surface area (Å²) in [6, 6.07) is 3.50. The van der Waals surface area contributed by atoms with Crippen LogP contribution in [0.4, 0.5) is 25.1 Å². The van der Waals surface area contributed by atoms with Gasteiger partial charge >= 0.3 is 6.03 Å². The van der Waals surface area contributed by atoms with E-state index < -0.39 is 11.8 Å². The number of aromatic nitrogens is 2. The van der Waals surface area contributed by atoms with Crippen molar-refractivity contribution in [3.63, 3.8) is 0 Å². The van der Waals surface area contributed by atoms with Crippen molar-refractivity contribution in [1.29, 1.82) is 0 Å². The van der Waals surface area contributed by atoms with Gasteiger partial charge in [0, 0.05) is 18.8 Å². The molecule has 0 spiro atoms. The maximum atomic E-state index is 13.1. The van der Waals surface area contributed by atoms with Crippen molar-refractivity contribution in [3.05, 3.63) is 29.0 Å². The van der Waals surface area contributed by atoms with Gasteiger partial charge in [0.15, 0.2) is 0 Å². The van der Waals surface area contributed by atoms with Crippen molar-refractivity contribution in [1.82, 2.24) is 10.2 Å². The molecule has 1 aliphatic heterocycles. The van der Waals surface area contributed by atoms with Crippen LogP contribution in [-0.2, 0) is 0 Å². The van der Waals surface area contributed by atoms with Crippen LogP contribution in [0.25, 0.3) is 0 Å². The molecule has 6 nitrogen and oxygen atoms in total. The summed E-state index contributed by atoms with van der Waals surface area (Å²) in [6.07, 6.45) is 4.77. The highest BCUT2D eigenvalue weighted by Gasteiger charge is 2.15. The number of hydrogen-bond donors (Lipinski definition) is 2. The average Bonchev–Trinajstić information content (AvgIpc) is 2.83. The Hall–Kier alpha value is -1.93. The van der Waals surface area contributed by atoms with Crippen molar-refractivity contribution in [3.8, 4) is 0 Å². The smallest absolute Gasteiger partial charge is 0.325 e. The molecule has 2 aromatic rings. The lowest BCUT2D eigenvalue weighted by molar-refractivity contribution is 0.262. The molecule has 128 valence electrons. The van der Waals surface area contributed by atoms with E-state index in [2.05, 4.69) is 25.7 Å². The molecule has 1 aliphatic rings. The summed E-state index contributed by atoms with van der Waals surface area (Å²) in [5.41, 5.74) is 0.399. The molecule has 2 N–H and O–H groups in total. The normalized spacial score (nSPS) is 15.0. The van der Waals surface area contributed by atoms with E-state index in [1.165, 1.54) is 42.4 Å². The third-order valence-electron chi connectivity index (χ3n) is 3.69. The highest BCUT2D eigenvalue weighted by molar-refractivity contribution is 7.19. The number of nitrogens with one attached hydrogen (secondary N) is 2. The summed E-state index contributed by atoms with van der Waals surface area (Å²) in [7, 11) is 0. The largest absolute Gasteiger partial charge is 0.347 e. The number of benzene rings is 1. The van der Waals surface area contributed by atoms with Crippen LogP contribution >= 0.6 is 22.9 Å². The zero-order valence-corrected chi connectivity index (χ0v) is 14.5. The van der Waals surface area contributed by atoms with Crippen LogP contribution in [0.3, 0.4) is 0 Å². The van der Waals surface area contributed by atoms with Crippen molar-refractivity contribution in [2.75, 3.05) is 28.6 Å². The molecule has 1 aromatic carbocycles. The van der Waals surface area contributed by atoms with Crippen LogP contribution < -0.4 is 15.5 Å². The summed E-state index contributed by atoms with van der Waals surface area (Å²) in [5, 5.41) is 14.5. The molecule has 24 heavy (non-hydrogen) atoms. The molecule has 1 fully saturated rings. The number of halogens is 2. The van der Waals surface area contributed by atoms with Gasteiger partial charge in [0.05, 0.1) is 5.02 Å². The summed E-state index contributed by atoms with van der Waals surface area (Å²) in [4.78, 5) is 14.2. The van der Waals surface area contributed by atoms with Gasteiger partial charge in [-0.15, -0.1) is 10.2 Å². The molecule has 0 radical (unpaired) electrons. The lowest BCUT2D eigenvalue weighted by atomic mass is 10.2. The Bertz CT molecular complexity index is 718. The summed E-state index contributed by atoms with van der Waals surface area (Å²) in [6.45, 7) is 1.93. The molecule has 0 atom stereocenters. The first-order valence-corrected chi connectivity index (χ1v) is 8.93. The van der Waals surface area contributed by atoms with Gasteiger partial charge < -0.3 is 10.2 Å². The molecule has 1 aromatic heterocycles. The number of nitrogens with zero attached hydrogens (tertiary/aromatic N) is 3. The topological polar surface area (TPSA) is 70.1 Å². The van der Waals surface area contributed by atoms with E-state index in [1.807, 2.05) is 0 Å². The third-order valence-corrected chi connectivity index (χ3v) is 4.88. The Balaban J connectivity index is 1.59. The fraction of sp³-hybridized carbons (Fsp3) is 0.400. The number of rotatable bonds is 3. The minimum absolute atomic E-state index is 0.0489. The van der Waals surface area contributed by atoms with Gasteiger partial charge in [-0.1, -0.05) is 35.8 Å². The quantitative estimate of drug-likeness (QED) is 0.843. The van der Waals surface area contributed by atoms with Crippen molar-refractivity contribution >= 4 is 44.9 Å². The molecule has 1 saturated heterocycles. The zero-order chi connectivity index (χ0) is 16.9. The average molecular weight is 370 g/mol. The molecule has 0 saturated carbocycles. The second-order valence-electron chi connectivity index (χ2n) is 5.50. The Labute approximate surface area is 148 Å². The number of urea groups is 1. The molecule has 0 aliphatic carbocycles. The Kier molecular flexibility index (Phi) is 5.47. The van der Waals surface area contributed by atoms with Gasteiger partial charge in [-0.05, 0) is 31.0 Å². The standard InChI is InChI=1S/C15H17ClFN5OS/c16-11-9-10(5-6-12(11)17)18-13(23)19-14-20-21-15(24-14)22-7-3-1-2-4-8-22/h5-6,9H,1-4,7-8H2,(H2,18,19,20,23). The molecule has 9 heteroatoms. The van der Waals surface area contributed by atoms with E-state index in [4.69, 9.17) is 11.6 Å². The monoisotopic (exact) mass is 369 g/mol. The van der Waals surface area contributed by atoms with E-state index in [1.54, 1.807) is 0 Å². The van der Waals surface area contributed by atoms with Gasteiger partial charge in [-0.3, -0.25) is 5.32 Å². The van der Waals surface area contributed by atoms with Gasteiger partial charge in [-0.2, -0.15) is 0 Å². The molecule has 2 heterocycles. The van der Waals surface area contributed by atoms with Crippen LogP contribution in [-0.4, -0.2) is 29.3 Å². The Morgan fingerprint density at radius 3 is 2.62 bits per heavy atom. The van der Waals surface area contributed by atoms with Crippen LogP contribution in [0, 0.1) is 5.82 Å². The van der Waals surface area contributed by atoms with Gasteiger partial charge in [0.1, 0.15) is 5.82 Å². The van der Waals surface area contributed by atoms with Crippen molar-refractivity contribution < 1.29 is 9.18 Å². The fourth-order valence-corrected chi connectivity index (χ4v) is 3.46. The highest BCUT2D eigenvalue weighted by atomic mass is 35.5. The van der Waals surface area contributed by atoms with Crippen LogP contribution in [0.2, 0.25) is 5.02 Å². The van der Waals surface area contributed by atoms with Crippen LogP contribution in [0.1, 0.15) is 25.7 Å². The fourth-order valence-electron chi connectivity index (χ4n) is 2.49. The predicted molar refractivity (Wildman–Crippen MR) is 94.6 cm³/mol. The van der Waals surface area contributed by atoms with Crippen LogP contribution in [0.5, 0.6) is 0 Å². The number of amides is 2. The Morgan fingerprint density at radius 1 is 1.17 bits per heavy atom. The molecule has 3 rings (SSSR count). The summed E-state index contributed by atoms with van der Waals surface area (Å²) < 4.78 is 13.1. The maximum Gasteiger partial charge on any atom is 0.325 e. The van der Waals surface area contributed by atoms with Gasteiger partial charge in [0.2, 0.25) is 10.3 Å². The minimum Gasteiger partial charge on any atom is -0.347 e. The molecule has 2 amide bonds. The molecule has 0 unspecified atom stereocenters. The minimum atomic E-state index is -0.533. The van der Waals surface area contributed by atoms with Gasteiger partial charge in [-0.25, -0.2) is 9.18 Å².